The van der Waals surface area contributed by atoms with Crippen molar-refractivity contribution in [2.24, 2.45) is 7.05 Å². The van der Waals surface area contributed by atoms with Gasteiger partial charge < -0.3 is 5.11 Å². The molecule has 1 heterocycles. The van der Waals surface area contributed by atoms with E-state index in [0.717, 1.165) is 23.4 Å². The monoisotopic (exact) mass is 276 g/mol. The number of aliphatic hydroxyl groups is 1. The maximum absolute atomic E-state index is 13.3. The SMILES string of the molecule is Cc1ccc(F)cc1C(O)CCc1c(C)nn(C)c1C. The van der Waals surface area contributed by atoms with Gasteiger partial charge in [-0.1, -0.05) is 6.07 Å². The lowest BCUT2D eigenvalue weighted by Crippen LogP contribution is -2.04. The molecule has 20 heavy (non-hydrogen) atoms. The van der Waals surface area contributed by atoms with Crippen LogP contribution in [0.15, 0.2) is 18.2 Å². The average molecular weight is 276 g/mol. The maximum atomic E-state index is 13.3. The van der Waals surface area contributed by atoms with Crippen LogP contribution in [0.5, 0.6) is 0 Å². The van der Waals surface area contributed by atoms with Crippen LogP contribution in [0.25, 0.3) is 0 Å². The van der Waals surface area contributed by atoms with Crippen molar-refractivity contribution >= 4 is 0 Å². The Labute approximate surface area is 119 Å². The minimum atomic E-state index is -0.648. The first-order chi connectivity index (χ1) is 9.40. The fraction of sp³-hybridized carbons (Fsp3) is 0.438. The quantitative estimate of drug-likeness (QED) is 0.931. The van der Waals surface area contributed by atoms with E-state index in [0.29, 0.717) is 12.0 Å². The Morgan fingerprint density at radius 3 is 2.60 bits per heavy atom. The third kappa shape index (κ3) is 2.90. The number of aryl methyl sites for hydroxylation is 3. The zero-order chi connectivity index (χ0) is 14.9. The molecule has 0 radical (unpaired) electrons. The van der Waals surface area contributed by atoms with E-state index in [-0.39, 0.29) is 5.82 Å². The van der Waals surface area contributed by atoms with E-state index in [9.17, 15) is 9.50 Å². The highest BCUT2D eigenvalue weighted by Crippen LogP contribution is 2.24. The van der Waals surface area contributed by atoms with Crippen molar-refractivity contribution in [3.8, 4) is 0 Å². The second-order valence-corrected chi connectivity index (χ2v) is 5.33. The molecule has 3 nitrogen and oxygen atoms in total. The highest BCUT2D eigenvalue weighted by Gasteiger charge is 2.15. The summed E-state index contributed by atoms with van der Waals surface area (Å²) in [6, 6.07) is 4.54. The highest BCUT2D eigenvalue weighted by molar-refractivity contribution is 5.29. The number of hydrogen-bond acceptors (Lipinski definition) is 2. The van der Waals surface area contributed by atoms with Gasteiger partial charge in [0, 0.05) is 12.7 Å². The van der Waals surface area contributed by atoms with Crippen LogP contribution in [-0.2, 0) is 13.5 Å². The van der Waals surface area contributed by atoms with Crippen molar-refractivity contribution in [2.75, 3.05) is 0 Å². The summed E-state index contributed by atoms with van der Waals surface area (Å²) in [7, 11) is 1.92. The summed E-state index contributed by atoms with van der Waals surface area (Å²) < 4.78 is 15.1. The van der Waals surface area contributed by atoms with Crippen molar-refractivity contribution in [1.29, 1.82) is 0 Å². The summed E-state index contributed by atoms with van der Waals surface area (Å²) in [4.78, 5) is 0. The van der Waals surface area contributed by atoms with Crippen LogP contribution in [-0.4, -0.2) is 14.9 Å². The molecule has 0 fully saturated rings. The number of aliphatic hydroxyl groups excluding tert-OH is 1. The second-order valence-electron chi connectivity index (χ2n) is 5.33. The molecule has 1 aromatic heterocycles. The maximum Gasteiger partial charge on any atom is 0.123 e. The van der Waals surface area contributed by atoms with Gasteiger partial charge in [0.25, 0.3) is 0 Å². The molecule has 4 heteroatoms. The van der Waals surface area contributed by atoms with Gasteiger partial charge in [0.05, 0.1) is 11.8 Å². The number of aromatic nitrogens is 2. The molecule has 0 saturated carbocycles. The largest absolute Gasteiger partial charge is 0.388 e. The van der Waals surface area contributed by atoms with Crippen molar-refractivity contribution in [1.82, 2.24) is 9.78 Å². The Bertz CT molecular complexity index is 619. The van der Waals surface area contributed by atoms with Crippen LogP contribution in [0.1, 0.15) is 40.6 Å². The molecule has 1 aromatic carbocycles. The third-order valence-corrected chi connectivity index (χ3v) is 3.93. The van der Waals surface area contributed by atoms with Crippen molar-refractivity contribution in [3.63, 3.8) is 0 Å². The van der Waals surface area contributed by atoms with E-state index in [4.69, 9.17) is 0 Å². The van der Waals surface area contributed by atoms with E-state index in [1.807, 2.05) is 32.5 Å². The normalized spacial score (nSPS) is 12.7. The molecule has 0 aliphatic heterocycles. The molecule has 108 valence electrons. The number of rotatable bonds is 4. The van der Waals surface area contributed by atoms with Crippen molar-refractivity contribution < 1.29 is 9.50 Å². The number of benzene rings is 1. The molecule has 0 aliphatic carbocycles. The fourth-order valence-corrected chi connectivity index (χ4v) is 2.59. The second kappa shape index (κ2) is 5.75. The lowest BCUT2D eigenvalue weighted by molar-refractivity contribution is 0.166. The molecule has 0 spiro atoms. The molecule has 1 unspecified atom stereocenters. The Morgan fingerprint density at radius 2 is 2.00 bits per heavy atom. The van der Waals surface area contributed by atoms with Gasteiger partial charge in [-0.05, 0) is 62.4 Å². The summed E-state index contributed by atoms with van der Waals surface area (Å²) in [6.45, 7) is 5.88. The zero-order valence-corrected chi connectivity index (χ0v) is 12.4. The van der Waals surface area contributed by atoms with Gasteiger partial charge in [0.15, 0.2) is 0 Å². The number of hydrogen-bond donors (Lipinski definition) is 1. The van der Waals surface area contributed by atoms with Crippen molar-refractivity contribution in [2.45, 2.75) is 39.7 Å². The highest BCUT2D eigenvalue weighted by atomic mass is 19.1. The predicted octanol–water partition coefficient (Wildman–Crippen LogP) is 3.15. The van der Waals surface area contributed by atoms with E-state index in [1.165, 1.54) is 17.7 Å². The fourth-order valence-electron chi connectivity index (χ4n) is 2.59. The molecule has 1 atom stereocenters. The topological polar surface area (TPSA) is 38.1 Å². The summed E-state index contributed by atoms with van der Waals surface area (Å²) in [6.07, 6.45) is 0.657. The van der Waals surface area contributed by atoms with Crippen LogP contribution in [0.3, 0.4) is 0 Å². The average Bonchev–Trinajstić information content (AvgIpc) is 2.64. The molecule has 1 N–H and O–H groups in total. The molecule has 0 bridgehead atoms. The van der Waals surface area contributed by atoms with Gasteiger partial charge in [-0.2, -0.15) is 5.10 Å². The van der Waals surface area contributed by atoms with E-state index in [2.05, 4.69) is 5.10 Å². The van der Waals surface area contributed by atoms with E-state index in [1.54, 1.807) is 6.07 Å². The lowest BCUT2D eigenvalue weighted by Gasteiger charge is -2.14. The minimum Gasteiger partial charge on any atom is -0.388 e. The Hall–Kier alpha value is -1.68. The van der Waals surface area contributed by atoms with Crippen LogP contribution in [0.4, 0.5) is 4.39 Å². The van der Waals surface area contributed by atoms with Gasteiger partial charge in [-0.15, -0.1) is 0 Å². The van der Waals surface area contributed by atoms with Gasteiger partial charge in [-0.25, -0.2) is 4.39 Å². The lowest BCUT2D eigenvalue weighted by atomic mass is 9.97. The minimum absolute atomic E-state index is 0.307. The van der Waals surface area contributed by atoms with Gasteiger partial charge >= 0.3 is 0 Å². The Balaban J connectivity index is 2.12. The van der Waals surface area contributed by atoms with E-state index < -0.39 is 6.10 Å². The van der Waals surface area contributed by atoms with Crippen molar-refractivity contribution in [3.05, 3.63) is 52.1 Å². The van der Waals surface area contributed by atoms with Gasteiger partial charge in [-0.3, -0.25) is 4.68 Å². The summed E-state index contributed by atoms with van der Waals surface area (Å²) in [5.74, 6) is -0.307. The smallest absolute Gasteiger partial charge is 0.123 e. The first-order valence-corrected chi connectivity index (χ1v) is 6.83. The summed E-state index contributed by atoms with van der Waals surface area (Å²) >= 11 is 0. The Morgan fingerprint density at radius 1 is 1.30 bits per heavy atom. The number of nitrogens with zero attached hydrogens (tertiary/aromatic N) is 2. The van der Waals surface area contributed by atoms with Gasteiger partial charge in [0.2, 0.25) is 0 Å². The first-order valence-electron chi connectivity index (χ1n) is 6.83. The summed E-state index contributed by atoms with van der Waals surface area (Å²) in [5, 5.41) is 14.6. The molecule has 0 amide bonds. The predicted molar refractivity (Wildman–Crippen MR) is 77.1 cm³/mol. The molecular weight excluding hydrogens is 255 g/mol. The van der Waals surface area contributed by atoms with E-state index >= 15 is 0 Å². The molecular formula is C16H21FN2O. The molecule has 2 aromatic rings. The molecule has 2 rings (SSSR count). The van der Waals surface area contributed by atoms with Crippen LogP contribution in [0.2, 0.25) is 0 Å². The molecule has 0 aliphatic rings. The standard InChI is InChI=1S/C16H21FN2O/c1-10-5-6-13(17)9-15(10)16(20)8-7-14-11(2)18-19(4)12(14)3/h5-6,9,16,20H,7-8H2,1-4H3. The van der Waals surface area contributed by atoms with Gasteiger partial charge in [0.1, 0.15) is 5.82 Å². The van der Waals surface area contributed by atoms with Crippen LogP contribution < -0.4 is 0 Å². The first kappa shape index (κ1) is 14.7. The van der Waals surface area contributed by atoms with Crippen LogP contribution in [0, 0.1) is 26.6 Å². The Kier molecular flexibility index (Phi) is 4.23. The zero-order valence-electron chi connectivity index (χ0n) is 12.4. The van der Waals surface area contributed by atoms with Crippen LogP contribution >= 0.6 is 0 Å². The number of halogens is 1. The third-order valence-electron chi connectivity index (χ3n) is 3.93. The summed E-state index contributed by atoms with van der Waals surface area (Å²) in [5.41, 5.74) is 4.86. The molecule has 0 saturated heterocycles.